The Morgan fingerprint density at radius 2 is 1.84 bits per heavy atom. The summed E-state index contributed by atoms with van der Waals surface area (Å²) in [5, 5.41) is 13.9. The van der Waals surface area contributed by atoms with Crippen LogP contribution in [0.1, 0.15) is 56.7 Å². The molecule has 3 heteroatoms. The van der Waals surface area contributed by atoms with Gasteiger partial charge in [-0.3, -0.25) is 4.68 Å². The first-order valence-electron chi connectivity index (χ1n) is 7.71. The summed E-state index contributed by atoms with van der Waals surface area (Å²) < 4.78 is 2.27. The zero-order valence-corrected chi connectivity index (χ0v) is 11.6. The summed E-state index contributed by atoms with van der Waals surface area (Å²) in [6, 6.07) is 2.32. The molecule has 0 saturated heterocycles. The van der Waals surface area contributed by atoms with Crippen LogP contribution in [-0.2, 0) is 12.0 Å². The van der Waals surface area contributed by atoms with E-state index < -0.39 is 0 Å². The van der Waals surface area contributed by atoms with E-state index in [-0.39, 0.29) is 5.54 Å². The van der Waals surface area contributed by atoms with Crippen molar-refractivity contribution in [3.63, 3.8) is 0 Å². The third-order valence-electron chi connectivity index (χ3n) is 5.78. The van der Waals surface area contributed by atoms with E-state index in [1.807, 2.05) is 0 Å². The van der Waals surface area contributed by atoms with Crippen molar-refractivity contribution in [3.8, 4) is 6.07 Å². The zero-order valence-electron chi connectivity index (χ0n) is 11.6. The Morgan fingerprint density at radius 3 is 2.32 bits per heavy atom. The van der Waals surface area contributed by atoms with Crippen LogP contribution in [0.3, 0.4) is 0 Å². The van der Waals surface area contributed by atoms with Crippen molar-refractivity contribution in [1.29, 1.82) is 5.26 Å². The molecule has 0 spiro atoms. The van der Waals surface area contributed by atoms with Crippen molar-refractivity contribution in [1.82, 2.24) is 9.78 Å². The minimum absolute atomic E-state index is 0.259. The summed E-state index contributed by atoms with van der Waals surface area (Å²) in [5.74, 6) is 2.77. The summed E-state index contributed by atoms with van der Waals surface area (Å²) in [5.41, 5.74) is 2.22. The predicted octanol–water partition coefficient (Wildman–Crippen LogP) is 3.24. The molecule has 4 saturated carbocycles. The van der Waals surface area contributed by atoms with Gasteiger partial charge in [-0.15, -0.1) is 0 Å². The molecule has 4 bridgehead atoms. The van der Waals surface area contributed by atoms with E-state index >= 15 is 0 Å². The summed E-state index contributed by atoms with van der Waals surface area (Å²) in [6.45, 7) is 2.15. The van der Waals surface area contributed by atoms with Gasteiger partial charge in [0.25, 0.3) is 0 Å². The third kappa shape index (κ3) is 1.52. The number of nitrogens with zero attached hydrogens (tertiary/aromatic N) is 3. The Labute approximate surface area is 114 Å². The van der Waals surface area contributed by atoms with Crippen molar-refractivity contribution in [2.24, 2.45) is 17.8 Å². The van der Waals surface area contributed by atoms with Gasteiger partial charge in [-0.05, 0) is 62.7 Å². The Kier molecular flexibility index (Phi) is 2.33. The molecule has 0 amide bonds. The molecule has 4 aliphatic carbocycles. The molecule has 4 aliphatic rings. The van der Waals surface area contributed by atoms with Crippen LogP contribution in [0.5, 0.6) is 0 Å². The molecule has 0 unspecified atom stereocenters. The maximum Gasteiger partial charge on any atom is 0.103 e. The van der Waals surface area contributed by atoms with Crippen LogP contribution in [0.4, 0.5) is 0 Å². The van der Waals surface area contributed by atoms with E-state index in [0.29, 0.717) is 0 Å². The smallest absolute Gasteiger partial charge is 0.103 e. The topological polar surface area (TPSA) is 41.6 Å². The fraction of sp³-hybridized carbons (Fsp3) is 0.750. The first kappa shape index (κ1) is 11.5. The molecule has 19 heavy (non-hydrogen) atoms. The monoisotopic (exact) mass is 255 g/mol. The van der Waals surface area contributed by atoms with Gasteiger partial charge < -0.3 is 0 Å². The maximum atomic E-state index is 9.24. The Morgan fingerprint density at radius 1 is 1.26 bits per heavy atom. The van der Waals surface area contributed by atoms with Crippen LogP contribution < -0.4 is 0 Å². The predicted molar refractivity (Wildman–Crippen MR) is 72.5 cm³/mol. The van der Waals surface area contributed by atoms with E-state index in [0.717, 1.165) is 29.7 Å². The lowest BCUT2D eigenvalue weighted by atomic mass is 9.53. The van der Waals surface area contributed by atoms with E-state index in [4.69, 9.17) is 0 Å². The molecule has 0 radical (unpaired) electrons. The van der Waals surface area contributed by atoms with E-state index in [1.54, 1.807) is 6.20 Å². The minimum atomic E-state index is 0.259. The van der Waals surface area contributed by atoms with Crippen molar-refractivity contribution in [2.75, 3.05) is 0 Å². The number of aromatic nitrogens is 2. The lowest BCUT2D eigenvalue weighted by Crippen LogP contribution is -2.52. The molecule has 0 aromatic carbocycles. The largest absolute Gasteiger partial charge is 0.262 e. The molecular formula is C16H21N3. The number of hydrogen-bond donors (Lipinski definition) is 0. The second-order valence-corrected chi connectivity index (χ2v) is 7.02. The Balaban J connectivity index is 1.80. The van der Waals surface area contributed by atoms with Gasteiger partial charge in [0.2, 0.25) is 0 Å². The van der Waals surface area contributed by atoms with Crippen LogP contribution >= 0.6 is 0 Å². The molecular weight excluding hydrogens is 234 g/mol. The zero-order chi connectivity index (χ0) is 13.0. The van der Waals surface area contributed by atoms with E-state index in [1.165, 1.54) is 44.2 Å². The van der Waals surface area contributed by atoms with Gasteiger partial charge in [0.05, 0.1) is 23.0 Å². The highest BCUT2D eigenvalue weighted by molar-refractivity contribution is 5.32. The van der Waals surface area contributed by atoms with Crippen molar-refractivity contribution in [2.45, 2.75) is 57.4 Å². The third-order valence-corrected chi connectivity index (χ3v) is 5.78. The summed E-state index contributed by atoms with van der Waals surface area (Å²) >= 11 is 0. The van der Waals surface area contributed by atoms with Crippen LogP contribution in [-0.4, -0.2) is 9.78 Å². The standard InChI is InChI=1S/C16H21N3/c1-2-15-14(9-17)10-18-19(15)16-6-11-3-12(7-16)5-13(4-11)8-16/h10-13H,2-8H2,1H3. The minimum Gasteiger partial charge on any atom is -0.262 e. The quantitative estimate of drug-likeness (QED) is 0.814. The highest BCUT2D eigenvalue weighted by Gasteiger charge is 2.52. The summed E-state index contributed by atoms with van der Waals surface area (Å²) in [4.78, 5) is 0. The summed E-state index contributed by atoms with van der Waals surface area (Å²) in [6.07, 6.45) is 11.0. The van der Waals surface area contributed by atoms with E-state index in [9.17, 15) is 5.26 Å². The number of nitriles is 1. The molecule has 5 rings (SSSR count). The molecule has 1 aromatic heterocycles. The van der Waals surface area contributed by atoms with Gasteiger partial charge in [0.15, 0.2) is 0 Å². The molecule has 100 valence electrons. The summed E-state index contributed by atoms with van der Waals surface area (Å²) in [7, 11) is 0. The van der Waals surface area contributed by atoms with Gasteiger partial charge in [0, 0.05) is 0 Å². The van der Waals surface area contributed by atoms with Gasteiger partial charge in [-0.1, -0.05) is 6.92 Å². The van der Waals surface area contributed by atoms with Gasteiger partial charge in [0.1, 0.15) is 6.07 Å². The highest BCUT2D eigenvalue weighted by atomic mass is 15.3. The van der Waals surface area contributed by atoms with Crippen LogP contribution in [0.15, 0.2) is 6.20 Å². The lowest BCUT2D eigenvalue weighted by Gasteiger charge is -2.57. The van der Waals surface area contributed by atoms with Gasteiger partial charge in [-0.2, -0.15) is 10.4 Å². The highest BCUT2D eigenvalue weighted by Crippen LogP contribution is 2.58. The maximum absolute atomic E-state index is 9.24. The van der Waals surface area contributed by atoms with Crippen LogP contribution in [0, 0.1) is 29.1 Å². The van der Waals surface area contributed by atoms with Crippen molar-refractivity contribution < 1.29 is 0 Å². The molecule has 0 aliphatic heterocycles. The average molecular weight is 255 g/mol. The van der Waals surface area contributed by atoms with Crippen LogP contribution in [0.25, 0.3) is 0 Å². The second kappa shape index (κ2) is 3.85. The van der Waals surface area contributed by atoms with Gasteiger partial charge in [-0.25, -0.2) is 0 Å². The first-order chi connectivity index (χ1) is 9.24. The lowest BCUT2D eigenvalue weighted by molar-refractivity contribution is -0.0507. The van der Waals surface area contributed by atoms with Crippen LogP contribution in [0.2, 0.25) is 0 Å². The normalized spacial score (nSPS) is 39.5. The molecule has 1 heterocycles. The Hall–Kier alpha value is -1.30. The number of hydrogen-bond acceptors (Lipinski definition) is 2. The van der Waals surface area contributed by atoms with Crippen molar-refractivity contribution >= 4 is 0 Å². The number of rotatable bonds is 2. The fourth-order valence-electron chi connectivity index (χ4n) is 5.54. The van der Waals surface area contributed by atoms with E-state index in [2.05, 4.69) is 22.8 Å². The van der Waals surface area contributed by atoms with Gasteiger partial charge >= 0.3 is 0 Å². The average Bonchev–Trinajstić information content (AvgIpc) is 2.80. The fourth-order valence-corrected chi connectivity index (χ4v) is 5.54. The molecule has 1 aromatic rings. The second-order valence-electron chi connectivity index (χ2n) is 7.02. The first-order valence-corrected chi connectivity index (χ1v) is 7.71. The Bertz CT molecular complexity index is 514. The molecule has 4 fully saturated rings. The van der Waals surface area contributed by atoms with Crippen molar-refractivity contribution in [3.05, 3.63) is 17.5 Å². The molecule has 0 atom stereocenters. The molecule has 3 nitrogen and oxygen atoms in total. The SMILES string of the molecule is CCc1c(C#N)cnn1C12CC3CC(CC(C3)C1)C2. The molecule has 0 N–H and O–H groups in total.